The van der Waals surface area contributed by atoms with E-state index in [1.807, 2.05) is 0 Å². The van der Waals surface area contributed by atoms with E-state index < -0.39 is 5.41 Å². The highest BCUT2D eigenvalue weighted by atomic mass is 15.2. The fourth-order valence-corrected chi connectivity index (χ4v) is 13.2. The molecule has 11 aromatic carbocycles. The minimum absolute atomic E-state index is 0.527. The highest BCUT2D eigenvalue weighted by Crippen LogP contribution is 2.58. The van der Waals surface area contributed by atoms with Crippen molar-refractivity contribution in [3.05, 3.63) is 289 Å². The second-order valence-electron chi connectivity index (χ2n) is 20.1. The van der Waals surface area contributed by atoms with Crippen molar-refractivity contribution in [2.24, 2.45) is 0 Å². The number of nitrogens with zero attached hydrogens (tertiary/aromatic N) is 2. The van der Waals surface area contributed by atoms with Gasteiger partial charge in [-0.3, -0.25) is 0 Å². The van der Waals surface area contributed by atoms with Gasteiger partial charge in [0.15, 0.2) is 0 Å². The Labute approximate surface area is 428 Å². The Morgan fingerprint density at radius 1 is 0.370 bits per heavy atom. The standard InChI is InChI=1S/C71H54N2/c1-5-24-49(25-6-1)56-38-21-26-50-27-22-39-60(69(50)56)59-36-15-19-42-65(59)73(68-45-23-44-67-70(68)61-37-16-20-43-66(61)72(67)54-32-11-4-12-33-54)64-41-18-14-34-55(64)51-46-47-58-57-35-13-17-40-62(57)71(63(58)48-51,52-28-7-2-8-29-52)53-30-9-3-10-31-53/h2-4,7-23,26-49H,1,5-6,24-25H2. The van der Waals surface area contributed by atoms with Gasteiger partial charge in [0.1, 0.15) is 0 Å². The monoisotopic (exact) mass is 934 g/mol. The van der Waals surface area contributed by atoms with Crippen molar-refractivity contribution in [1.82, 2.24) is 4.57 Å². The summed E-state index contributed by atoms with van der Waals surface area (Å²) in [7, 11) is 0. The third kappa shape index (κ3) is 6.85. The second-order valence-corrected chi connectivity index (χ2v) is 20.1. The minimum atomic E-state index is -0.527. The van der Waals surface area contributed by atoms with Crippen molar-refractivity contribution in [3.63, 3.8) is 0 Å². The Morgan fingerprint density at radius 3 is 1.67 bits per heavy atom. The molecule has 0 amide bonds. The second kappa shape index (κ2) is 17.8. The van der Waals surface area contributed by atoms with Crippen molar-refractivity contribution in [1.29, 1.82) is 0 Å². The van der Waals surface area contributed by atoms with Crippen LogP contribution in [0.1, 0.15) is 65.8 Å². The molecule has 73 heavy (non-hydrogen) atoms. The third-order valence-corrected chi connectivity index (χ3v) is 16.3. The Bertz CT molecular complexity index is 3970. The first-order chi connectivity index (χ1) is 36.3. The highest BCUT2D eigenvalue weighted by Gasteiger charge is 2.46. The highest BCUT2D eigenvalue weighted by molar-refractivity contribution is 6.18. The maximum atomic E-state index is 2.60. The summed E-state index contributed by atoms with van der Waals surface area (Å²) < 4.78 is 2.44. The molecule has 0 unspecified atom stereocenters. The smallest absolute Gasteiger partial charge is 0.0713 e. The van der Waals surface area contributed by atoms with Crippen LogP contribution in [-0.4, -0.2) is 4.57 Å². The first-order valence-corrected chi connectivity index (χ1v) is 26.2. The maximum absolute atomic E-state index is 2.60. The summed E-state index contributed by atoms with van der Waals surface area (Å²) in [5.74, 6) is 0.547. The number of aromatic nitrogens is 1. The van der Waals surface area contributed by atoms with Crippen LogP contribution >= 0.6 is 0 Å². The number of anilines is 3. The first-order valence-electron chi connectivity index (χ1n) is 26.2. The summed E-state index contributed by atoms with van der Waals surface area (Å²) >= 11 is 0. The van der Waals surface area contributed by atoms with E-state index in [0.717, 1.165) is 28.3 Å². The van der Waals surface area contributed by atoms with E-state index in [0.29, 0.717) is 5.92 Å². The zero-order valence-electron chi connectivity index (χ0n) is 40.8. The summed E-state index contributed by atoms with van der Waals surface area (Å²) in [6.45, 7) is 0. The predicted molar refractivity (Wildman–Crippen MR) is 307 cm³/mol. The lowest BCUT2D eigenvalue weighted by Gasteiger charge is -2.34. The van der Waals surface area contributed by atoms with Crippen molar-refractivity contribution >= 4 is 49.6 Å². The summed E-state index contributed by atoms with van der Waals surface area (Å²) in [5.41, 5.74) is 20.4. The van der Waals surface area contributed by atoms with Crippen molar-refractivity contribution < 1.29 is 0 Å². The van der Waals surface area contributed by atoms with Crippen molar-refractivity contribution in [3.8, 4) is 39.1 Å². The average Bonchev–Trinajstić information content (AvgIpc) is 3.97. The molecule has 1 fully saturated rings. The number of rotatable bonds is 9. The van der Waals surface area contributed by atoms with E-state index in [-0.39, 0.29) is 0 Å². The van der Waals surface area contributed by atoms with Crippen LogP contribution in [-0.2, 0) is 5.41 Å². The van der Waals surface area contributed by atoms with Crippen molar-refractivity contribution in [2.75, 3.05) is 4.90 Å². The van der Waals surface area contributed by atoms with E-state index in [2.05, 4.69) is 270 Å². The quantitative estimate of drug-likeness (QED) is 0.140. The lowest BCUT2D eigenvalue weighted by atomic mass is 9.67. The van der Waals surface area contributed by atoms with Gasteiger partial charge in [0.25, 0.3) is 0 Å². The topological polar surface area (TPSA) is 8.17 Å². The fraction of sp³-hybridized carbons (Fsp3) is 0.0986. The molecule has 1 aromatic heterocycles. The van der Waals surface area contributed by atoms with Gasteiger partial charge >= 0.3 is 0 Å². The van der Waals surface area contributed by atoms with Gasteiger partial charge in [-0.25, -0.2) is 0 Å². The average molecular weight is 935 g/mol. The van der Waals surface area contributed by atoms with Gasteiger partial charge in [0, 0.05) is 27.6 Å². The Kier molecular flexibility index (Phi) is 10.5. The number of fused-ring (bicyclic) bond motifs is 7. The van der Waals surface area contributed by atoms with Crippen molar-refractivity contribution in [2.45, 2.75) is 43.4 Å². The predicted octanol–water partition coefficient (Wildman–Crippen LogP) is 19.2. The summed E-state index contributed by atoms with van der Waals surface area (Å²) in [5, 5.41) is 5.11. The SMILES string of the molecule is c1ccc(-n2c3ccccc3c3c(N(c4ccccc4-c4ccc5c(c4)C(c4ccccc4)(c4ccccc4)c4ccccc4-5)c4ccccc4-c4cccc5cccc(C6CCCCC6)c45)cccc32)cc1. The number of benzene rings is 11. The molecule has 0 saturated heterocycles. The van der Waals surface area contributed by atoms with Gasteiger partial charge in [-0.1, -0.05) is 232 Å². The minimum Gasteiger partial charge on any atom is -0.309 e. The molecule has 0 bridgehead atoms. The molecule has 0 spiro atoms. The van der Waals surface area contributed by atoms with Gasteiger partial charge in [0.2, 0.25) is 0 Å². The molecule has 0 aliphatic heterocycles. The van der Waals surface area contributed by atoms with Crippen LogP contribution in [0.5, 0.6) is 0 Å². The molecule has 2 heteroatoms. The molecule has 1 heterocycles. The van der Waals surface area contributed by atoms with Crippen LogP contribution in [0.3, 0.4) is 0 Å². The Morgan fingerprint density at radius 2 is 0.918 bits per heavy atom. The van der Waals surface area contributed by atoms with Crippen LogP contribution in [0, 0.1) is 0 Å². The maximum Gasteiger partial charge on any atom is 0.0713 e. The van der Waals surface area contributed by atoms with Crippen LogP contribution < -0.4 is 4.90 Å². The summed E-state index contributed by atoms with van der Waals surface area (Å²) in [6, 6.07) is 97.6. The Hall–Kier alpha value is -8.72. The summed E-state index contributed by atoms with van der Waals surface area (Å²) in [4.78, 5) is 2.60. The van der Waals surface area contributed by atoms with E-state index in [1.165, 1.54) is 120 Å². The molecule has 12 aromatic rings. The number of para-hydroxylation sites is 4. The summed E-state index contributed by atoms with van der Waals surface area (Å²) in [6.07, 6.45) is 6.39. The van der Waals surface area contributed by atoms with Gasteiger partial charge < -0.3 is 9.47 Å². The molecule has 0 radical (unpaired) electrons. The molecule has 14 rings (SSSR count). The van der Waals surface area contributed by atoms with Gasteiger partial charge in [-0.05, 0) is 128 Å². The zero-order valence-corrected chi connectivity index (χ0v) is 40.8. The van der Waals surface area contributed by atoms with E-state index in [9.17, 15) is 0 Å². The molecular weight excluding hydrogens is 881 g/mol. The molecule has 0 atom stereocenters. The van der Waals surface area contributed by atoms with E-state index >= 15 is 0 Å². The zero-order chi connectivity index (χ0) is 48.3. The van der Waals surface area contributed by atoms with E-state index in [4.69, 9.17) is 0 Å². The lowest BCUT2D eigenvalue weighted by molar-refractivity contribution is 0.445. The first kappa shape index (κ1) is 43.1. The van der Waals surface area contributed by atoms with Gasteiger partial charge in [0.05, 0.1) is 33.5 Å². The molecule has 1 saturated carbocycles. The third-order valence-electron chi connectivity index (χ3n) is 16.3. The fourth-order valence-electron chi connectivity index (χ4n) is 13.2. The lowest BCUT2D eigenvalue weighted by Crippen LogP contribution is -2.28. The molecule has 2 nitrogen and oxygen atoms in total. The van der Waals surface area contributed by atoms with Crippen LogP contribution in [0.4, 0.5) is 17.1 Å². The largest absolute Gasteiger partial charge is 0.309 e. The van der Waals surface area contributed by atoms with Crippen LogP contribution in [0.2, 0.25) is 0 Å². The number of hydrogen-bond donors (Lipinski definition) is 0. The Balaban J connectivity index is 1.06. The molecule has 348 valence electrons. The van der Waals surface area contributed by atoms with Gasteiger partial charge in [-0.2, -0.15) is 0 Å². The molecule has 2 aliphatic carbocycles. The molecular formula is C71H54N2. The molecule has 0 N–H and O–H groups in total. The van der Waals surface area contributed by atoms with Crippen LogP contribution in [0.15, 0.2) is 261 Å². The van der Waals surface area contributed by atoms with Crippen LogP contribution in [0.25, 0.3) is 71.6 Å². The normalized spacial score (nSPS) is 14.1. The van der Waals surface area contributed by atoms with Gasteiger partial charge in [-0.15, -0.1) is 0 Å². The van der Waals surface area contributed by atoms with E-state index in [1.54, 1.807) is 0 Å². The molecule has 2 aliphatic rings. The number of hydrogen-bond acceptors (Lipinski definition) is 1.